The summed E-state index contributed by atoms with van der Waals surface area (Å²) in [7, 11) is -3.56. The van der Waals surface area contributed by atoms with E-state index in [2.05, 4.69) is 5.16 Å². The van der Waals surface area contributed by atoms with Gasteiger partial charge in [-0.25, -0.2) is 8.42 Å². The Hall–Kier alpha value is -1.66. The second kappa shape index (κ2) is 6.57. The van der Waals surface area contributed by atoms with Gasteiger partial charge >= 0.3 is 0 Å². The van der Waals surface area contributed by atoms with Crippen LogP contribution in [0.5, 0.6) is 0 Å². The normalized spacial score (nSPS) is 18.8. The molecule has 1 atom stereocenters. The third-order valence-corrected chi connectivity index (χ3v) is 7.27. The van der Waals surface area contributed by atoms with E-state index in [1.807, 2.05) is 40.7 Å². The highest BCUT2D eigenvalue weighted by Crippen LogP contribution is 2.40. The Labute approximate surface area is 150 Å². The average Bonchev–Trinajstić information content (AvgIpc) is 3.16. The second-order valence-corrected chi connectivity index (χ2v) is 8.79. The predicted octanol–water partition coefficient (Wildman–Crippen LogP) is 4.00. The van der Waals surface area contributed by atoms with Gasteiger partial charge in [0, 0.05) is 18.5 Å². The smallest absolute Gasteiger partial charge is 0.243 e. The summed E-state index contributed by atoms with van der Waals surface area (Å²) >= 11 is 0. The van der Waals surface area contributed by atoms with E-state index in [1.165, 1.54) is 0 Å². The van der Waals surface area contributed by atoms with Gasteiger partial charge in [-0.3, -0.25) is 0 Å². The minimum Gasteiger partial charge on any atom is -0.361 e. The summed E-state index contributed by atoms with van der Waals surface area (Å²) in [6.45, 7) is 10.3. The summed E-state index contributed by atoms with van der Waals surface area (Å²) in [4.78, 5) is 0.412. The van der Waals surface area contributed by atoms with Gasteiger partial charge in [0.2, 0.25) is 10.0 Å². The van der Waals surface area contributed by atoms with E-state index in [0.29, 0.717) is 17.9 Å². The summed E-state index contributed by atoms with van der Waals surface area (Å²) in [5.41, 5.74) is 4.64. The van der Waals surface area contributed by atoms with Gasteiger partial charge < -0.3 is 4.52 Å². The van der Waals surface area contributed by atoms with E-state index in [1.54, 1.807) is 10.4 Å². The van der Waals surface area contributed by atoms with Crippen LogP contribution in [-0.4, -0.2) is 24.4 Å². The number of rotatable bonds is 4. The first-order valence-electron chi connectivity index (χ1n) is 8.82. The van der Waals surface area contributed by atoms with Gasteiger partial charge in [-0.1, -0.05) is 18.1 Å². The maximum atomic E-state index is 13.4. The van der Waals surface area contributed by atoms with Crippen LogP contribution in [-0.2, 0) is 16.4 Å². The number of aryl methyl sites for hydroxylation is 5. The van der Waals surface area contributed by atoms with Crippen molar-refractivity contribution in [3.8, 4) is 0 Å². The molecule has 1 fully saturated rings. The van der Waals surface area contributed by atoms with Crippen LogP contribution in [0.4, 0.5) is 0 Å². The first kappa shape index (κ1) is 18.1. The van der Waals surface area contributed by atoms with Gasteiger partial charge in [0.05, 0.1) is 16.6 Å². The fraction of sp³-hybridized carbons (Fsp3) is 0.526. The lowest BCUT2D eigenvalue weighted by molar-refractivity contribution is 0.368. The van der Waals surface area contributed by atoms with Crippen molar-refractivity contribution >= 4 is 10.0 Å². The van der Waals surface area contributed by atoms with E-state index in [-0.39, 0.29) is 6.04 Å². The monoisotopic (exact) mass is 362 g/mol. The van der Waals surface area contributed by atoms with Crippen LogP contribution in [0.2, 0.25) is 0 Å². The Morgan fingerprint density at radius 2 is 1.84 bits per heavy atom. The molecular formula is C19H26N2O3S. The standard InChI is InChI=1S/C19H26N2O3S/c1-6-17-19(15(5)20-24-17)16-8-7-9-21(16)25(22,23)18-11-13(3)12(2)10-14(18)4/h10-11,16H,6-9H2,1-5H3. The molecule has 1 aromatic carbocycles. The molecule has 2 heterocycles. The molecule has 5 nitrogen and oxygen atoms in total. The molecule has 0 amide bonds. The van der Waals surface area contributed by atoms with Gasteiger partial charge in [0.15, 0.2) is 0 Å². The van der Waals surface area contributed by atoms with Gasteiger partial charge in [0.1, 0.15) is 5.76 Å². The molecule has 1 aromatic heterocycles. The van der Waals surface area contributed by atoms with Crippen LogP contribution in [0, 0.1) is 27.7 Å². The third kappa shape index (κ3) is 3.02. The topological polar surface area (TPSA) is 63.4 Å². The fourth-order valence-corrected chi connectivity index (χ4v) is 5.72. The van der Waals surface area contributed by atoms with Gasteiger partial charge in [-0.2, -0.15) is 4.31 Å². The molecule has 3 rings (SSSR count). The molecule has 25 heavy (non-hydrogen) atoms. The highest BCUT2D eigenvalue weighted by molar-refractivity contribution is 7.89. The highest BCUT2D eigenvalue weighted by atomic mass is 32.2. The minimum absolute atomic E-state index is 0.188. The second-order valence-electron chi connectivity index (χ2n) is 6.93. The van der Waals surface area contributed by atoms with Crippen molar-refractivity contribution < 1.29 is 12.9 Å². The summed E-state index contributed by atoms with van der Waals surface area (Å²) in [6, 6.07) is 3.57. The van der Waals surface area contributed by atoms with Crippen LogP contribution in [0.15, 0.2) is 21.6 Å². The molecule has 1 aliphatic rings. The van der Waals surface area contributed by atoms with Gasteiger partial charge in [0.25, 0.3) is 0 Å². The Bertz CT molecular complexity index is 900. The average molecular weight is 362 g/mol. The van der Waals surface area contributed by atoms with Crippen molar-refractivity contribution in [3.05, 3.63) is 45.8 Å². The Morgan fingerprint density at radius 1 is 1.16 bits per heavy atom. The lowest BCUT2D eigenvalue weighted by atomic mass is 10.0. The highest BCUT2D eigenvalue weighted by Gasteiger charge is 2.39. The van der Waals surface area contributed by atoms with E-state index < -0.39 is 10.0 Å². The molecule has 136 valence electrons. The minimum atomic E-state index is -3.56. The fourth-order valence-electron chi connectivity index (χ4n) is 3.76. The summed E-state index contributed by atoms with van der Waals surface area (Å²) in [5.74, 6) is 0.793. The van der Waals surface area contributed by atoms with Gasteiger partial charge in [-0.15, -0.1) is 0 Å². The number of benzene rings is 1. The van der Waals surface area contributed by atoms with Crippen LogP contribution in [0.3, 0.4) is 0 Å². The van der Waals surface area contributed by atoms with Crippen LogP contribution in [0.1, 0.15) is 59.5 Å². The molecule has 1 aliphatic heterocycles. The molecule has 0 saturated carbocycles. The molecule has 0 spiro atoms. The number of hydrogen-bond acceptors (Lipinski definition) is 4. The molecule has 1 unspecified atom stereocenters. The van der Waals surface area contributed by atoms with E-state index in [0.717, 1.165) is 46.5 Å². The molecule has 0 bridgehead atoms. The Morgan fingerprint density at radius 3 is 2.52 bits per heavy atom. The Kier molecular flexibility index (Phi) is 4.77. The van der Waals surface area contributed by atoms with Crippen molar-refractivity contribution in [1.82, 2.24) is 9.46 Å². The molecule has 0 N–H and O–H groups in total. The van der Waals surface area contributed by atoms with Crippen LogP contribution < -0.4 is 0 Å². The first-order valence-corrected chi connectivity index (χ1v) is 10.3. The molecule has 0 aliphatic carbocycles. The lowest BCUT2D eigenvalue weighted by Gasteiger charge is -2.25. The summed E-state index contributed by atoms with van der Waals surface area (Å²) in [5, 5.41) is 4.07. The number of nitrogens with zero attached hydrogens (tertiary/aromatic N) is 2. The predicted molar refractivity (Wildman–Crippen MR) is 97.1 cm³/mol. The number of sulfonamides is 1. The maximum Gasteiger partial charge on any atom is 0.243 e. The van der Waals surface area contributed by atoms with E-state index >= 15 is 0 Å². The quantitative estimate of drug-likeness (QED) is 0.825. The van der Waals surface area contributed by atoms with Crippen molar-refractivity contribution in [2.24, 2.45) is 0 Å². The van der Waals surface area contributed by atoms with Crippen LogP contribution in [0.25, 0.3) is 0 Å². The maximum absolute atomic E-state index is 13.4. The SMILES string of the molecule is CCc1onc(C)c1C1CCCN1S(=O)(=O)c1cc(C)c(C)cc1C. The summed E-state index contributed by atoms with van der Waals surface area (Å²) in [6.07, 6.45) is 2.36. The summed E-state index contributed by atoms with van der Waals surface area (Å²) < 4.78 is 33.9. The number of aromatic nitrogens is 1. The van der Waals surface area contributed by atoms with Crippen molar-refractivity contribution in [3.63, 3.8) is 0 Å². The largest absolute Gasteiger partial charge is 0.361 e. The molecule has 1 saturated heterocycles. The van der Waals surface area contributed by atoms with E-state index in [9.17, 15) is 8.42 Å². The molecule has 6 heteroatoms. The lowest BCUT2D eigenvalue weighted by Crippen LogP contribution is -2.31. The number of hydrogen-bond donors (Lipinski definition) is 0. The van der Waals surface area contributed by atoms with Crippen molar-refractivity contribution in [2.45, 2.75) is 64.8 Å². The van der Waals surface area contributed by atoms with Gasteiger partial charge in [-0.05, 0) is 63.3 Å². The molecule has 2 aromatic rings. The van der Waals surface area contributed by atoms with Crippen molar-refractivity contribution in [1.29, 1.82) is 0 Å². The zero-order valence-corrected chi connectivity index (χ0v) is 16.4. The zero-order chi connectivity index (χ0) is 18.4. The van der Waals surface area contributed by atoms with E-state index in [4.69, 9.17) is 4.52 Å². The van der Waals surface area contributed by atoms with Crippen molar-refractivity contribution in [2.75, 3.05) is 6.54 Å². The van der Waals surface area contributed by atoms with Crippen LogP contribution >= 0.6 is 0 Å². The first-order chi connectivity index (χ1) is 11.8. The molecular weight excluding hydrogens is 336 g/mol. The molecule has 0 radical (unpaired) electrons. The zero-order valence-electron chi connectivity index (χ0n) is 15.6. The third-order valence-electron chi connectivity index (χ3n) is 5.22. The Balaban J connectivity index is 2.08.